The third-order valence-electron chi connectivity index (χ3n) is 1.41. The van der Waals surface area contributed by atoms with Gasteiger partial charge in [0.1, 0.15) is 5.69 Å². The van der Waals surface area contributed by atoms with Crippen molar-refractivity contribution in [2.45, 2.75) is 6.43 Å². The summed E-state index contributed by atoms with van der Waals surface area (Å²) in [5.74, 6) is -1.07. The molecule has 0 fully saturated rings. The van der Waals surface area contributed by atoms with Crippen molar-refractivity contribution in [2.24, 2.45) is 0 Å². The molecule has 0 unspecified atom stereocenters. The summed E-state index contributed by atoms with van der Waals surface area (Å²) in [6.45, 7) is 0. The average Bonchev–Trinajstić information content (AvgIpc) is 2.08. The monoisotopic (exact) mass is 243 g/mol. The first kappa shape index (κ1) is 11.3. The summed E-state index contributed by atoms with van der Waals surface area (Å²) >= 11 is 10.3. The third kappa shape index (κ3) is 1.99. The summed E-state index contributed by atoms with van der Waals surface area (Å²) in [7, 11) is 0. The summed E-state index contributed by atoms with van der Waals surface area (Å²) in [4.78, 5) is 13.7. The van der Waals surface area contributed by atoms with Crippen molar-refractivity contribution < 1.29 is 18.0 Å². The van der Waals surface area contributed by atoms with Gasteiger partial charge in [-0.25, -0.2) is 13.2 Å². The highest BCUT2D eigenvalue weighted by molar-refractivity contribution is 6.69. The molecule has 0 radical (unpaired) electrons. The van der Waals surface area contributed by atoms with Crippen LogP contribution in [0.5, 0.6) is 0 Å². The lowest BCUT2D eigenvalue weighted by Crippen LogP contribution is -2.04. The Labute approximate surface area is 86.6 Å². The number of pyridine rings is 1. The SMILES string of the molecule is O=C(Cl)c1c(C(F)F)ncc(F)c1Cl. The molecule has 2 nitrogen and oxygen atoms in total. The molecule has 0 saturated heterocycles. The maximum absolute atomic E-state index is 12.7. The number of nitrogens with zero attached hydrogens (tertiary/aromatic N) is 1. The molecular formula is C7H2Cl2F3NO. The fraction of sp³-hybridized carbons (Fsp3) is 0.143. The van der Waals surface area contributed by atoms with Crippen LogP contribution in [0.3, 0.4) is 0 Å². The van der Waals surface area contributed by atoms with Gasteiger partial charge in [0.05, 0.1) is 16.8 Å². The minimum Gasteiger partial charge on any atom is -0.275 e. The van der Waals surface area contributed by atoms with E-state index in [0.717, 1.165) is 0 Å². The summed E-state index contributed by atoms with van der Waals surface area (Å²) in [5, 5.41) is -2.01. The number of aromatic nitrogens is 1. The first-order valence-electron chi connectivity index (χ1n) is 3.27. The maximum atomic E-state index is 12.7. The molecule has 0 aliphatic heterocycles. The van der Waals surface area contributed by atoms with Gasteiger partial charge in [-0.05, 0) is 11.6 Å². The minimum atomic E-state index is -3.04. The van der Waals surface area contributed by atoms with E-state index in [1.165, 1.54) is 0 Å². The van der Waals surface area contributed by atoms with Crippen LogP contribution in [0, 0.1) is 5.82 Å². The summed E-state index contributed by atoms with van der Waals surface area (Å²) in [6.07, 6.45) is -2.53. The van der Waals surface area contributed by atoms with Crippen molar-refractivity contribution in [2.75, 3.05) is 0 Å². The molecule has 0 saturated carbocycles. The highest BCUT2D eigenvalue weighted by Crippen LogP contribution is 2.29. The third-order valence-corrected chi connectivity index (χ3v) is 1.96. The van der Waals surface area contributed by atoms with E-state index in [2.05, 4.69) is 4.98 Å². The second-order valence-corrected chi connectivity index (χ2v) is 2.98. The topological polar surface area (TPSA) is 30.0 Å². The quantitative estimate of drug-likeness (QED) is 0.747. The van der Waals surface area contributed by atoms with Crippen molar-refractivity contribution in [3.05, 3.63) is 28.3 Å². The summed E-state index contributed by atoms with van der Waals surface area (Å²) in [6, 6.07) is 0. The predicted molar refractivity (Wildman–Crippen MR) is 44.3 cm³/mol. The number of hydrogen-bond acceptors (Lipinski definition) is 2. The van der Waals surface area contributed by atoms with Crippen LogP contribution in [-0.2, 0) is 0 Å². The molecular weight excluding hydrogens is 242 g/mol. The van der Waals surface area contributed by atoms with Gasteiger partial charge in [-0.3, -0.25) is 9.78 Å². The zero-order chi connectivity index (χ0) is 10.9. The van der Waals surface area contributed by atoms with Crippen LogP contribution in [0.4, 0.5) is 13.2 Å². The van der Waals surface area contributed by atoms with E-state index in [0.29, 0.717) is 6.20 Å². The lowest BCUT2D eigenvalue weighted by atomic mass is 10.2. The molecule has 1 heterocycles. The predicted octanol–water partition coefficient (Wildman–Crippen LogP) is 3.19. The van der Waals surface area contributed by atoms with Crippen molar-refractivity contribution in [3.8, 4) is 0 Å². The zero-order valence-corrected chi connectivity index (χ0v) is 7.91. The second-order valence-electron chi connectivity index (χ2n) is 2.25. The molecule has 1 aromatic heterocycles. The Kier molecular flexibility index (Phi) is 3.34. The Morgan fingerprint density at radius 1 is 1.50 bits per heavy atom. The fourth-order valence-electron chi connectivity index (χ4n) is 0.832. The molecule has 0 bridgehead atoms. The number of rotatable bonds is 2. The Morgan fingerprint density at radius 3 is 2.50 bits per heavy atom. The van der Waals surface area contributed by atoms with Gasteiger partial charge in [0.15, 0.2) is 5.82 Å². The van der Waals surface area contributed by atoms with Crippen LogP contribution in [0.15, 0.2) is 6.20 Å². The Morgan fingerprint density at radius 2 is 2.07 bits per heavy atom. The van der Waals surface area contributed by atoms with E-state index in [1.807, 2.05) is 0 Å². The van der Waals surface area contributed by atoms with Gasteiger partial charge in [-0.2, -0.15) is 0 Å². The van der Waals surface area contributed by atoms with Crippen LogP contribution in [-0.4, -0.2) is 10.2 Å². The average molecular weight is 244 g/mol. The number of alkyl halides is 2. The molecule has 1 rings (SSSR count). The molecule has 0 spiro atoms. The van der Waals surface area contributed by atoms with Gasteiger partial charge in [-0.1, -0.05) is 11.6 Å². The zero-order valence-electron chi connectivity index (χ0n) is 6.40. The fourth-order valence-corrected chi connectivity index (χ4v) is 1.30. The van der Waals surface area contributed by atoms with Gasteiger partial charge in [0.25, 0.3) is 11.7 Å². The second kappa shape index (κ2) is 4.14. The first-order valence-corrected chi connectivity index (χ1v) is 4.02. The van der Waals surface area contributed by atoms with Crippen LogP contribution in [0.1, 0.15) is 22.5 Å². The normalized spacial score (nSPS) is 10.7. The number of halogens is 5. The molecule has 0 aliphatic rings. The van der Waals surface area contributed by atoms with Gasteiger partial charge in [0.2, 0.25) is 0 Å². The Hall–Kier alpha value is -0.810. The van der Waals surface area contributed by atoms with Crippen LogP contribution < -0.4 is 0 Å². The molecule has 1 aromatic rings. The van der Waals surface area contributed by atoms with E-state index >= 15 is 0 Å². The minimum absolute atomic E-state index is 0.507. The van der Waals surface area contributed by atoms with E-state index < -0.39 is 33.8 Å². The van der Waals surface area contributed by atoms with Crippen molar-refractivity contribution in [3.63, 3.8) is 0 Å². The first-order chi connectivity index (χ1) is 6.45. The standard InChI is InChI=1S/C7H2Cl2F3NO/c8-4-2(10)1-13-5(7(11)12)3(4)6(9)14/h1,7H. The molecule has 0 amide bonds. The smallest absolute Gasteiger partial charge is 0.275 e. The molecule has 0 N–H and O–H groups in total. The summed E-state index contributed by atoms with van der Waals surface area (Å²) < 4.78 is 37.2. The molecule has 0 atom stereocenters. The Bertz CT molecular complexity index is 383. The maximum Gasteiger partial charge on any atom is 0.281 e. The molecule has 7 heteroatoms. The molecule has 0 aliphatic carbocycles. The van der Waals surface area contributed by atoms with E-state index in [-0.39, 0.29) is 0 Å². The Balaban J connectivity index is 3.45. The van der Waals surface area contributed by atoms with Crippen molar-refractivity contribution in [1.82, 2.24) is 4.98 Å². The lowest BCUT2D eigenvalue weighted by Gasteiger charge is -2.05. The van der Waals surface area contributed by atoms with Crippen LogP contribution in [0.25, 0.3) is 0 Å². The van der Waals surface area contributed by atoms with Gasteiger partial charge in [0, 0.05) is 0 Å². The summed E-state index contributed by atoms with van der Waals surface area (Å²) in [5.41, 5.74) is -1.71. The van der Waals surface area contributed by atoms with E-state index in [1.54, 1.807) is 0 Å². The number of carbonyl (C=O) groups is 1. The van der Waals surface area contributed by atoms with Crippen molar-refractivity contribution in [1.29, 1.82) is 0 Å². The molecule has 14 heavy (non-hydrogen) atoms. The van der Waals surface area contributed by atoms with Crippen LogP contribution in [0.2, 0.25) is 5.02 Å². The van der Waals surface area contributed by atoms with Crippen molar-refractivity contribution >= 4 is 28.4 Å². The van der Waals surface area contributed by atoms with Gasteiger partial charge < -0.3 is 0 Å². The highest BCUT2D eigenvalue weighted by atomic mass is 35.5. The van der Waals surface area contributed by atoms with Crippen LogP contribution >= 0.6 is 23.2 Å². The molecule has 76 valence electrons. The van der Waals surface area contributed by atoms with Gasteiger partial charge >= 0.3 is 0 Å². The lowest BCUT2D eigenvalue weighted by molar-refractivity contribution is 0.106. The van der Waals surface area contributed by atoms with E-state index in [4.69, 9.17) is 23.2 Å². The van der Waals surface area contributed by atoms with E-state index in [9.17, 15) is 18.0 Å². The number of carbonyl (C=O) groups excluding carboxylic acids is 1. The highest BCUT2D eigenvalue weighted by Gasteiger charge is 2.24. The largest absolute Gasteiger partial charge is 0.281 e. The number of hydrogen-bond donors (Lipinski definition) is 0. The van der Waals surface area contributed by atoms with Gasteiger partial charge in [-0.15, -0.1) is 0 Å². The molecule has 0 aromatic carbocycles.